The van der Waals surface area contributed by atoms with E-state index in [0.717, 1.165) is 17.4 Å². The van der Waals surface area contributed by atoms with Gasteiger partial charge in [0.2, 0.25) is 0 Å². The molecule has 2 aromatic carbocycles. The molecule has 2 aliphatic heterocycles. The summed E-state index contributed by atoms with van der Waals surface area (Å²) in [6.07, 6.45) is 0.672. The Bertz CT molecular complexity index is 880. The first-order valence-electron chi connectivity index (χ1n) is 8.01. The average Bonchev–Trinajstić information content (AvgIpc) is 3.10. The van der Waals surface area contributed by atoms with Crippen LogP contribution in [-0.4, -0.2) is 42.7 Å². The van der Waals surface area contributed by atoms with Crippen molar-refractivity contribution in [2.45, 2.75) is 23.9 Å². The van der Waals surface area contributed by atoms with Gasteiger partial charge in [-0.3, -0.25) is 9.69 Å². The van der Waals surface area contributed by atoms with E-state index in [4.69, 9.17) is 0 Å². The molecule has 0 radical (unpaired) electrons. The van der Waals surface area contributed by atoms with E-state index < -0.39 is 15.9 Å². The second-order valence-corrected chi connectivity index (χ2v) is 8.05. The van der Waals surface area contributed by atoms with Crippen molar-refractivity contribution in [2.75, 3.05) is 13.1 Å². The molecule has 1 fully saturated rings. The quantitative estimate of drug-likeness (QED) is 0.857. The summed E-state index contributed by atoms with van der Waals surface area (Å²) in [4.78, 5) is 14.9. The maximum absolute atomic E-state index is 12.7. The predicted molar refractivity (Wildman–Crippen MR) is 89.9 cm³/mol. The molecular weight excluding hydrogens is 324 g/mol. The number of fused-ring (bicyclic) bond motifs is 1. The first-order chi connectivity index (χ1) is 11.6. The maximum Gasteiger partial charge on any atom is 0.269 e. The van der Waals surface area contributed by atoms with Gasteiger partial charge >= 0.3 is 0 Å². The van der Waals surface area contributed by atoms with Crippen molar-refractivity contribution in [1.82, 2.24) is 9.21 Å². The normalized spacial score (nSPS) is 22.8. The number of nitrogens with zero attached hydrogens (tertiary/aromatic N) is 2. The summed E-state index contributed by atoms with van der Waals surface area (Å²) in [6.45, 7) is 2.13. The van der Waals surface area contributed by atoms with Gasteiger partial charge in [0.15, 0.2) is 0 Å². The molecule has 1 saturated heterocycles. The fourth-order valence-electron chi connectivity index (χ4n) is 3.55. The summed E-state index contributed by atoms with van der Waals surface area (Å²) in [5.74, 6) is -0.392. The average molecular weight is 342 g/mol. The van der Waals surface area contributed by atoms with E-state index >= 15 is 0 Å². The molecule has 4 rings (SSSR count). The van der Waals surface area contributed by atoms with Crippen LogP contribution in [0, 0.1) is 0 Å². The van der Waals surface area contributed by atoms with Crippen molar-refractivity contribution in [3.05, 3.63) is 65.7 Å². The molecule has 1 amide bonds. The smallest absolute Gasteiger partial charge is 0.269 e. The SMILES string of the molecule is O=C1c2ccccc2S(=O)(=O)N1[C@H]1CCN(Cc2ccccc2)C1. The number of hydrogen-bond donors (Lipinski definition) is 0. The van der Waals surface area contributed by atoms with E-state index in [-0.39, 0.29) is 10.9 Å². The van der Waals surface area contributed by atoms with Crippen LogP contribution in [0.4, 0.5) is 0 Å². The van der Waals surface area contributed by atoms with Crippen LogP contribution in [-0.2, 0) is 16.6 Å². The summed E-state index contributed by atoms with van der Waals surface area (Å²) in [7, 11) is -3.72. The van der Waals surface area contributed by atoms with Gasteiger partial charge in [-0.05, 0) is 24.1 Å². The Kier molecular flexibility index (Phi) is 3.66. The molecule has 2 heterocycles. The highest BCUT2D eigenvalue weighted by Gasteiger charge is 2.46. The molecule has 0 saturated carbocycles. The van der Waals surface area contributed by atoms with Crippen LogP contribution in [0.15, 0.2) is 59.5 Å². The van der Waals surface area contributed by atoms with Crippen molar-refractivity contribution in [1.29, 1.82) is 0 Å². The van der Waals surface area contributed by atoms with Crippen LogP contribution >= 0.6 is 0 Å². The minimum Gasteiger partial charge on any atom is -0.297 e. The molecular formula is C18H18N2O3S. The Hall–Kier alpha value is -2.18. The highest BCUT2D eigenvalue weighted by atomic mass is 32.2. The third-order valence-electron chi connectivity index (χ3n) is 4.68. The second-order valence-electron chi connectivity index (χ2n) is 6.27. The summed E-state index contributed by atoms with van der Waals surface area (Å²) in [5.41, 5.74) is 1.48. The molecule has 0 spiro atoms. The van der Waals surface area contributed by atoms with Gasteiger partial charge in [0.25, 0.3) is 15.9 Å². The van der Waals surface area contributed by atoms with Gasteiger partial charge in [0, 0.05) is 19.6 Å². The number of benzene rings is 2. The van der Waals surface area contributed by atoms with Crippen LogP contribution < -0.4 is 0 Å². The molecule has 0 N–H and O–H groups in total. The maximum atomic E-state index is 12.7. The van der Waals surface area contributed by atoms with Gasteiger partial charge in [0.1, 0.15) is 4.90 Å². The van der Waals surface area contributed by atoms with E-state index in [0.29, 0.717) is 18.5 Å². The Morgan fingerprint density at radius 2 is 1.71 bits per heavy atom. The van der Waals surface area contributed by atoms with E-state index in [2.05, 4.69) is 17.0 Å². The zero-order valence-electron chi connectivity index (χ0n) is 13.1. The van der Waals surface area contributed by atoms with Gasteiger partial charge in [-0.15, -0.1) is 0 Å². The Labute approximate surface area is 141 Å². The van der Waals surface area contributed by atoms with Crippen LogP contribution in [0.3, 0.4) is 0 Å². The number of carbonyl (C=O) groups is 1. The van der Waals surface area contributed by atoms with Gasteiger partial charge < -0.3 is 0 Å². The Morgan fingerprint density at radius 1 is 1.00 bits per heavy atom. The van der Waals surface area contributed by atoms with Crippen molar-refractivity contribution < 1.29 is 13.2 Å². The largest absolute Gasteiger partial charge is 0.297 e. The first-order valence-corrected chi connectivity index (χ1v) is 9.45. The highest BCUT2D eigenvalue weighted by Crippen LogP contribution is 2.34. The summed E-state index contributed by atoms with van der Waals surface area (Å²) in [5, 5.41) is 0. The van der Waals surface area contributed by atoms with Crippen LogP contribution in [0.2, 0.25) is 0 Å². The number of carbonyl (C=O) groups excluding carboxylic acids is 1. The molecule has 0 unspecified atom stereocenters. The summed E-state index contributed by atoms with van der Waals surface area (Å²) >= 11 is 0. The van der Waals surface area contributed by atoms with Crippen LogP contribution in [0.1, 0.15) is 22.3 Å². The predicted octanol–water partition coefficient (Wildman–Crippen LogP) is 2.11. The monoisotopic (exact) mass is 342 g/mol. The lowest BCUT2D eigenvalue weighted by atomic mass is 10.2. The highest BCUT2D eigenvalue weighted by molar-refractivity contribution is 7.90. The fraction of sp³-hybridized carbons (Fsp3) is 0.278. The molecule has 0 aliphatic carbocycles. The van der Waals surface area contributed by atoms with Crippen molar-refractivity contribution in [3.8, 4) is 0 Å². The third kappa shape index (κ3) is 2.42. The molecule has 1 atom stereocenters. The van der Waals surface area contributed by atoms with E-state index in [9.17, 15) is 13.2 Å². The molecule has 2 aliphatic rings. The summed E-state index contributed by atoms with van der Waals surface area (Å²) < 4.78 is 26.6. The molecule has 6 heteroatoms. The van der Waals surface area contributed by atoms with Crippen LogP contribution in [0.25, 0.3) is 0 Å². The zero-order chi connectivity index (χ0) is 16.7. The molecule has 2 aromatic rings. The van der Waals surface area contributed by atoms with E-state index in [1.165, 1.54) is 11.6 Å². The lowest BCUT2D eigenvalue weighted by molar-refractivity contribution is 0.0834. The number of sulfonamides is 1. The number of likely N-dealkylation sites (tertiary alicyclic amines) is 1. The molecule has 0 aromatic heterocycles. The Balaban J connectivity index is 1.55. The van der Waals surface area contributed by atoms with Crippen molar-refractivity contribution in [3.63, 3.8) is 0 Å². The third-order valence-corrected chi connectivity index (χ3v) is 6.58. The fourth-order valence-corrected chi connectivity index (χ4v) is 5.33. The van der Waals surface area contributed by atoms with Gasteiger partial charge in [-0.25, -0.2) is 12.7 Å². The number of hydrogen-bond acceptors (Lipinski definition) is 4. The minimum absolute atomic E-state index is 0.136. The van der Waals surface area contributed by atoms with Crippen molar-refractivity contribution >= 4 is 15.9 Å². The van der Waals surface area contributed by atoms with E-state index in [1.807, 2.05) is 18.2 Å². The minimum atomic E-state index is -3.72. The second kappa shape index (κ2) is 5.72. The van der Waals surface area contributed by atoms with E-state index in [1.54, 1.807) is 18.2 Å². The van der Waals surface area contributed by atoms with Crippen molar-refractivity contribution in [2.24, 2.45) is 0 Å². The standard InChI is InChI=1S/C18H18N2O3S/c21-18-16-8-4-5-9-17(16)24(22,23)20(18)15-10-11-19(13-15)12-14-6-2-1-3-7-14/h1-9,15H,10-13H2/t15-/m0/s1. The van der Waals surface area contributed by atoms with Gasteiger partial charge in [-0.1, -0.05) is 42.5 Å². The van der Waals surface area contributed by atoms with Gasteiger partial charge in [0.05, 0.1) is 11.6 Å². The lowest BCUT2D eigenvalue weighted by Crippen LogP contribution is -2.41. The molecule has 0 bridgehead atoms. The Morgan fingerprint density at radius 3 is 2.46 bits per heavy atom. The number of amides is 1. The number of rotatable bonds is 3. The van der Waals surface area contributed by atoms with Crippen LogP contribution in [0.5, 0.6) is 0 Å². The molecule has 5 nitrogen and oxygen atoms in total. The summed E-state index contributed by atoms with van der Waals surface area (Å²) in [6, 6.07) is 16.2. The topological polar surface area (TPSA) is 57.7 Å². The van der Waals surface area contributed by atoms with Gasteiger partial charge in [-0.2, -0.15) is 0 Å². The first kappa shape index (κ1) is 15.4. The molecule has 124 valence electrons. The molecule has 24 heavy (non-hydrogen) atoms. The zero-order valence-corrected chi connectivity index (χ0v) is 13.9. The lowest BCUT2D eigenvalue weighted by Gasteiger charge is -2.23.